The van der Waals surface area contributed by atoms with Crippen molar-refractivity contribution < 1.29 is 25.2 Å². The highest BCUT2D eigenvalue weighted by Gasteiger charge is 2.40. The van der Waals surface area contributed by atoms with Crippen LogP contribution < -0.4 is 0 Å². The Hall–Kier alpha value is -0.650. The lowest BCUT2D eigenvalue weighted by molar-refractivity contribution is -0.137. The van der Waals surface area contributed by atoms with Crippen LogP contribution >= 0.6 is 0 Å². The summed E-state index contributed by atoms with van der Waals surface area (Å²) in [6, 6.07) is 0. The quantitative estimate of drug-likeness (QED) is 0.473. The third kappa shape index (κ3) is 5.47. The van der Waals surface area contributed by atoms with Gasteiger partial charge in [-0.1, -0.05) is 25.7 Å². The number of rotatable bonds is 9. The van der Waals surface area contributed by atoms with Gasteiger partial charge in [0.25, 0.3) is 0 Å². The first-order valence-corrected chi connectivity index (χ1v) is 7.25. The SMILES string of the molecule is O=C(O)CCCCCCCC1C(O)CC(O)C1CO. The molecule has 0 saturated heterocycles. The maximum absolute atomic E-state index is 10.3. The second-order valence-electron chi connectivity index (χ2n) is 5.58. The predicted octanol–water partition coefficient (Wildman–Crippen LogP) is 1.15. The second kappa shape index (κ2) is 8.51. The van der Waals surface area contributed by atoms with E-state index >= 15 is 0 Å². The van der Waals surface area contributed by atoms with E-state index in [2.05, 4.69) is 0 Å². The van der Waals surface area contributed by atoms with E-state index < -0.39 is 18.2 Å². The van der Waals surface area contributed by atoms with Crippen LogP contribution in [0.3, 0.4) is 0 Å². The fraction of sp³-hybridized carbons (Fsp3) is 0.929. The van der Waals surface area contributed by atoms with Gasteiger partial charge in [-0.2, -0.15) is 0 Å². The summed E-state index contributed by atoms with van der Waals surface area (Å²) in [6.45, 7) is -0.0680. The van der Waals surface area contributed by atoms with Crippen molar-refractivity contribution in [3.8, 4) is 0 Å². The van der Waals surface area contributed by atoms with Gasteiger partial charge in [-0.15, -0.1) is 0 Å². The number of unbranched alkanes of at least 4 members (excludes halogenated alkanes) is 4. The summed E-state index contributed by atoms with van der Waals surface area (Å²) in [5.74, 6) is -0.935. The Morgan fingerprint density at radius 3 is 2.16 bits per heavy atom. The molecular formula is C14H26O5. The van der Waals surface area contributed by atoms with E-state index in [1.807, 2.05) is 0 Å². The van der Waals surface area contributed by atoms with Crippen molar-refractivity contribution in [1.82, 2.24) is 0 Å². The lowest BCUT2D eigenvalue weighted by Crippen LogP contribution is -2.25. The van der Waals surface area contributed by atoms with Gasteiger partial charge in [0, 0.05) is 18.9 Å². The van der Waals surface area contributed by atoms with Crippen molar-refractivity contribution in [2.45, 2.75) is 63.6 Å². The van der Waals surface area contributed by atoms with Crippen LogP contribution in [0.25, 0.3) is 0 Å². The number of hydrogen-bond acceptors (Lipinski definition) is 4. The lowest BCUT2D eigenvalue weighted by atomic mass is 9.89. The Balaban J connectivity index is 2.10. The monoisotopic (exact) mass is 274 g/mol. The first kappa shape index (κ1) is 16.4. The van der Waals surface area contributed by atoms with E-state index in [1.54, 1.807) is 0 Å². The van der Waals surface area contributed by atoms with Crippen molar-refractivity contribution >= 4 is 5.97 Å². The molecule has 0 aromatic carbocycles. The van der Waals surface area contributed by atoms with Crippen LogP contribution in [-0.4, -0.2) is 45.2 Å². The Bertz CT molecular complexity index is 269. The van der Waals surface area contributed by atoms with Crippen molar-refractivity contribution in [3.63, 3.8) is 0 Å². The Labute approximate surface area is 114 Å². The number of aliphatic hydroxyl groups excluding tert-OH is 3. The second-order valence-corrected chi connectivity index (χ2v) is 5.58. The third-order valence-corrected chi connectivity index (χ3v) is 4.16. The molecule has 1 aliphatic carbocycles. The molecule has 4 unspecified atom stereocenters. The molecular weight excluding hydrogens is 248 g/mol. The van der Waals surface area contributed by atoms with Gasteiger partial charge in [-0.25, -0.2) is 0 Å². The average Bonchev–Trinajstić information content (AvgIpc) is 2.62. The van der Waals surface area contributed by atoms with Gasteiger partial charge in [0.05, 0.1) is 12.2 Å². The Kier molecular flexibility index (Phi) is 7.34. The molecule has 0 bridgehead atoms. The van der Waals surface area contributed by atoms with E-state index in [0.29, 0.717) is 6.42 Å². The average molecular weight is 274 g/mol. The minimum atomic E-state index is -0.742. The number of aliphatic carboxylic acids is 1. The summed E-state index contributed by atoms with van der Waals surface area (Å²) >= 11 is 0. The van der Waals surface area contributed by atoms with Gasteiger partial charge in [0.1, 0.15) is 0 Å². The summed E-state index contributed by atoms with van der Waals surface area (Å²) < 4.78 is 0. The largest absolute Gasteiger partial charge is 0.481 e. The van der Waals surface area contributed by atoms with Gasteiger partial charge in [0.15, 0.2) is 0 Å². The van der Waals surface area contributed by atoms with Gasteiger partial charge in [-0.05, 0) is 25.2 Å². The van der Waals surface area contributed by atoms with Crippen molar-refractivity contribution in [2.75, 3.05) is 6.61 Å². The highest BCUT2D eigenvalue weighted by atomic mass is 16.4. The van der Waals surface area contributed by atoms with Gasteiger partial charge in [0.2, 0.25) is 0 Å². The maximum Gasteiger partial charge on any atom is 0.303 e. The van der Waals surface area contributed by atoms with Crippen LogP contribution in [0.15, 0.2) is 0 Å². The topological polar surface area (TPSA) is 98.0 Å². The molecule has 112 valence electrons. The number of carboxylic acids is 1. The Morgan fingerprint density at radius 1 is 0.947 bits per heavy atom. The molecule has 1 fully saturated rings. The molecule has 4 N–H and O–H groups in total. The first-order chi connectivity index (χ1) is 9.06. The molecule has 0 radical (unpaired) electrons. The summed E-state index contributed by atoms with van der Waals surface area (Å²) in [5.41, 5.74) is 0. The molecule has 0 heterocycles. The number of carbonyl (C=O) groups is 1. The van der Waals surface area contributed by atoms with E-state index in [9.17, 15) is 20.1 Å². The fourth-order valence-electron chi connectivity index (χ4n) is 3.02. The smallest absolute Gasteiger partial charge is 0.303 e. The molecule has 5 heteroatoms. The van der Waals surface area contributed by atoms with E-state index in [4.69, 9.17) is 5.11 Å². The molecule has 0 aromatic rings. The van der Waals surface area contributed by atoms with Crippen molar-refractivity contribution in [1.29, 1.82) is 0 Å². The highest BCUT2D eigenvalue weighted by Crippen LogP contribution is 2.35. The molecule has 5 nitrogen and oxygen atoms in total. The molecule has 0 spiro atoms. The number of carboxylic acid groups (broad SMARTS) is 1. The van der Waals surface area contributed by atoms with Gasteiger partial charge in [-0.3, -0.25) is 4.79 Å². The van der Waals surface area contributed by atoms with Crippen LogP contribution in [-0.2, 0) is 4.79 Å². The Morgan fingerprint density at radius 2 is 1.53 bits per heavy atom. The van der Waals surface area contributed by atoms with Gasteiger partial charge < -0.3 is 20.4 Å². The molecule has 4 atom stereocenters. The third-order valence-electron chi connectivity index (χ3n) is 4.16. The molecule has 1 rings (SSSR count). The standard InChI is InChI=1S/C14H26O5/c15-9-11-10(12(16)8-13(11)17)6-4-2-1-3-5-7-14(18)19/h10-13,15-17H,1-9H2,(H,18,19). The normalized spacial score (nSPS) is 30.7. The molecule has 0 amide bonds. The maximum atomic E-state index is 10.3. The van der Waals surface area contributed by atoms with E-state index in [0.717, 1.165) is 38.5 Å². The van der Waals surface area contributed by atoms with Crippen LogP contribution in [0.1, 0.15) is 51.4 Å². The summed E-state index contributed by atoms with van der Waals surface area (Å²) in [7, 11) is 0. The molecule has 1 saturated carbocycles. The minimum Gasteiger partial charge on any atom is -0.481 e. The zero-order chi connectivity index (χ0) is 14.3. The van der Waals surface area contributed by atoms with Crippen LogP contribution in [0, 0.1) is 11.8 Å². The fourth-order valence-corrected chi connectivity index (χ4v) is 3.02. The van der Waals surface area contributed by atoms with E-state index in [1.165, 1.54) is 0 Å². The van der Waals surface area contributed by atoms with Crippen molar-refractivity contribution in [3.05, 3.63) is 0 Å². The van der Waals surface area contributed by atoms with E-state index in [-0.39, 0.29) is 24.9 Å². The van der Waals surface area contributed by atoms with Crippen LogP contribution in [0.2, 0.25) is 0 Å². The molecule has 19 heavy (non-hydrogen) atoms. The predicted molar refractivity (Wildman–Crippen MR) is 70.7 cm³/mol. The van der Waals surface area contributed by atoms with Crippen LogP contribution in [0.4, 0.5) is 0 Å². The zero-order valence-electron chi connectivity index (χ0n) is 11.4. The minimum absolute atomic E-state index is 0.000908. The molecule has 0 aliphatic heterocycles. The van der Waals surface area contributed by atoms with Crippen LogP contribution in [0.5, 0.6) is 0 Å². The lowest BCUT2D eigenvalue weighted by Gasteiger charge is -2.21. The highest BCUT2D eigenvalue weighted by molar-refractivity contribution is 5.66. The molecule has 0 aromatic heterocycles. The first-order valence-electron chi connectivity index (χ1n) is 7.25. The van der Waals surface area contributed by atoms with Gasteiger partial charge >= 0.3 is 5.97 Å². The zero-order valence-corrected chi connectivity index (χ0v) is 11.4. The summed E-state index contributed by atoms with van der Waals surface area (Å²) in [5, 5.41) is 37.2. The summed E-state index contributed by atoms with van der Waals surface area (Å²) in [6.07, 6.45) is 4.96. The molecule has 1 aliphatic rings. The number of hydrogen-bond donors (Lipinski definition) is 4. The summed E-state index contributed by atoms with van der Waals surface area (Å²) in [4.78, 5) is 10.3. The number of aliphatic hydroxyl groups is 3. The van der Waals surface area contributed by atoms with Crippen molar-refractivity contribution in [2.24, 2.45) is 11.8 Å².